The van der Waals surface area contributed by atoms with Gasteiger partial charge in [-0.05, 0) is 42.3 Å². The number of benzene rings is 3. The molecular weight excluding hydrogens is 491 g/mol. The molecule has 0 spiro atoms. The molecule has 1 aliphatic rings. The number of nitrogens with one attached hydrogen (secondary N) is 2. The molecule has 0 unspecified atom stereocenters. The lowest BCUT2D eigenvalue weighted by molar-refractivity contribution is -0.123. The van der Waals surface area contributed by atoms with Gasteiger partial charge in [-0.15, -0.1) is 0 Å². The molecule has 0 radical (unpaired) electrons. The average Bonchev–Trinajstić information content (AvgIpc) is 3.36. The summed E-state index contributed by atoms with van der Waals surface area (Å²) in [6.45, 7) is 2.44. The number of nitrogens with zero attached hydrogens (tertiary/aromatic N) is 2. The zero-order valence-electron chi connectivity index (χ0n) is 20.9. The summed E-state index contributed by atoms with van der Waals surface area (Å²) < 4.78 is 24.5. The van der Waals surface area contributed by atoms with Crippen LogP contribution in [0.5, 0.6) is 17.2 Å². The molecule has 2 amide bonds. The zero-order valence-corrected chi connectivity index (χ0v) is 20.9. The average molecular weight is 521 g/mol. The summed E-state index contributed by atoms with van der Waals surface area (Å²) in [6, 6.07) is 18.5. The van der Waals surface area contributed by atoms with Crippen LogP contribution in [0.25, 0.3) is 0 Å². The fourth-order valence-electron chi connectivity index (χ4n) is 4.11. The molecule has 1 atom stereocenters. The topological polar surface area (TPSA) is 112 Å². The lowest BCUT2D eigenvalue weighted by atomic mass is 10.2. The van der Waals surface area contributed by atoms with E-state index in [-0.39, 0.29) is 24.1 Å². The molecule has 9 nitrogen and oxygen atoms in total. The third-order valence-electron chi connectivity index (χ3n) is 6.04. The number of ether oxygens (including phenoxy) is 2. The van der Waals surface area contributed by atoms with E-state index in [1.807, 2.05) is 18.2 Å². The quantitative estimate of drug-likeness (QED) is 0.280. The van der Waals surface area contributed by atoms with Gasteiger partial charge in [-0.2, -0.15) is 5.10 Å². The molecule has 38 heavy (non-hydrogen) atoms. The molecule has 0 bridgehead atoms. The molecule has 3 N–H and O–H groups in total. The minimum atomic E-state index is -0.902. The predicted octanol–water partition coefficient (Wildman–Crippen LogP) is 3.07. The molecular formula is C28H29FN4O5. The van der Waals surface area contributed by atoms with Crippen LogP contribution in [0.15, 0.2) is 71.8 Å². The van der Waals surface area contributed by atoms with Gasteiger partial charge in [0, 0.05) is 42.9 Å². The Labute approximate surface area is 219 Å². The van der Waals surface area contributed by atoms with Crippen molar-refractivity contribution in [3.8, 4) is 17.2 Å². The molecule has 1 fully saturated rings. The van der Waals surface area contributed by atoms with Gasteiger partial charge in [0.2, 0.25) is 0 Å². The largest absolute Gasteiger partial charge is 0.505 e. The van der Waals surface area contributed by atoms with Gasteiger partial charge in [-0.1, -0.05) is 30.3 Å². The maximum atomic E-state index is 13.4. The maximum Gasteiger partial charge on any atom is 0.271 e. The van der Waals surface area contributed by atoms with Crippen LogP contribution in [0.1, 0.15) is 27.9 Å². The summed E-state index contributed by atoms with van der Waals surface area (Å²) in [4.78, 5) is 26.9. The van der Waals surface area contributed by atoms with E-state index in [1.165, 1.54) is 25.0 Å². The van der Waals surface area contributed by atoms with Crippen molar-refractivity contribution in [3.63, 3.8) is 0 Å². The van der Waals surface area contributed by atoms with Gasteiger partial charge in [-0.3, -0.25) is 14.5 Å². The third-order valence-corrected chi connectivity index (χ3v) is 6.04. The van der Waals surface area contributed by atoms with Crippen LogP contribution >= 0.6 is 0 Å². The summed E-state index contributed by atoms with van der Waals surface area (Å²) in [5.74, 6) is -1.43. The standard InChI is InChI=1S/C28H29FN4O5/c1-37-26-14-23(9-7-21(26)15-30-32-28(36)20-8-10-25(34)24(29)13-20)38-18-27(35)31-22-11-12-33(17-22)16-19-5-3-2-4-6-19/h2-10,13-15,22,34H,11-12,16-18H2,1H3,(H,31,35)(H,32,36)/t22-/m0/s1. The van der Waals surface area contributed by atoms with Crippen molar-refractivity contribution in [2.24, 2.45) is 5.10 Å². The van der Waals surface area contributed by atoms with E-state index >= 15 is 0 Å². The smallest absolute Gasteiger partial charge is 0.271 e. The Balaban J connectivity index is 1.24. The Kier molecular flexibility index (Phi) is 8.89. The number of hydrogen-bond donors (Lipinski definition) is 3. The number of amides is 2. The van der Waals surface area contributed by atoms with Crippen molar-refractivity contribution >= 4 is 18.0 Å². The predicted molar refractivity (Wildman–Crippen MR) is 140 cm³/mol. The minimum absolute atomic E-state index is 0.00736. The summed E-state index contributed by atoms with van der Waals surface area (Å²) >= 11 is 0. The number of likely N-dealkylation sites (tertiary alicyclic amines) is 1. The number of phenolic OH excluding ortho intramolecular Hbond substituents is 1. The number of phenols is 1. The number of hydrazone groups is 1. The van der Waals surface area contributed by atoms with Gasteiger partial charge in [0.25, 0.3) is 11.8 Å². The summed E-state index contributed by atoms with van der Waals surface area (Å²) in [6.07, 6.45) is 2.25. The highest BCUT2D eigenvalue weighted by Gasteiger charge is 2.24. The normalized spacial score (nSPS) is 15.4. The second kappa shape index (κ2) is 12.7. The molecule has 1 heterocycles. The van der Waals surface area contributed by atoms with Crippen LogP contribution in [0.4, 0.5) is 4.39 Å². The van der Waals surface area contributed by atoms with Gasteiger partial charge >= 0.3 is 0 Å². The Morgan fingerprint density at radius 1 is 1.16 bits per heavy atom. The van der Waals surface area contributed by atoms with E-state index < -0.39 is 17.5 Å². The maximum absolute atomic E-state index is 13.4. The number of carbonyl (C=O) groups is 2. The molecule has 0 aliphatic carbocycles. The highest BCUT2D eigenvalue weighted by molar-refractivity contribution is 5.95. The van der Waals surface area contributed by atoms with Crippen LogP contribution in [0, 0.1) is 5.82 Å². The van der Waals surface area contributed by atoms with Crippen molar-refractivity contribution < 1.29 is 28.6 Å². The van der Waals surface area contributed by atoms with E-state index in [2.05, 4.69) is 32.9 Å². The number of halogens is 1. The molecule has 3 aromatic rings. The second-order valence-corrected chi connectivity index (χ2v) is 8.83. The van der Waals surface area contributed by atoms with E-state index in [0.29, 0.717) is 17.1 Å². The summed E-state index contributed by atoms with van der Waals surface area (Å²) in [5, 5.41) is 16.1. The lowest BCUT2D eigenvalue weighted by Crippen LogP contribution is -2.39. The number of aromatic hydroxyl groups is 1. The fourth-order valence-corrected chi connectivity index (χ4v) is 4.11. The SMILES string of the molecule is COc1cc(OCC(=O)N[C@H]2CCN(Cc3ccccc3)C2)ccc1C=NNC(=O)c1ccc(O)c(F)c1. The van der Waals surface area contributed by atoms with Crippen molar-refractivity contribution in [1.82, 2.24) is 15.6 Å². The van der Waals surface area contributed by atoms with E-state index in [0.717, 1.165) is 38.2 Å². The van der Waals surface area contributed by atoms with Crippen LogP contribution < -0.4 is 20.2 Å². The highest BCUT2D eigenvalue weighted by atomic mass is 19.1. The van der Waals surface area contributed by atoms with E-state index in [4.69, 9.17) is 9.47 Å². The second-order valence-electron chi connectivity index (χ2n) is 8.83. The van der Waals surface area contributed by atoms with Crippen molar-refractivity contribution in [1.29, 1.82) is 0 Å². The Morgan fingerprint density at radius 3 is 2.74 bits per heavy atom. The molecule has 0 aromatic heterocycles. The van der Waals surface area contributed by atoms with Gasteiger partial charge in [0.15, 0.2) is 18.2 Å². The summed E-state index contributed by atoms with van der Waals surface area (Å²) in [5.41, 5.74) is 4.09. The molecule has 0 saturated carbocycles. The Bertz CT molecular complexity index is 1300. The molecule has 3 aromatic carbocycles. The molecule has 1 saturated heterocycles. The fraction of sp³-hybridized carbons (Fsp3) is 0.250. The highest BCUT2D eigenvalue weighted by Crippen LogP contribution is 2.23. The summed E-state index contributed by atoms with van der Waals surface area (Å²) in [7, 11) is 1.47. The van der Waals surface area contributed by atoms with Crippen LogP contribution in [0.2, 0.25) is 0 Å². The van der Waals surface area contributed by atoms with E-state index in [1.54, 1.807) is 18.2 Å². The Morgan fingerprint density at radius 2 is 1.97 bits per heavy atom. The van der Waals surface area contributed by atoms with Gasteiger partial charge in [-0.25, -0.2) is 9.82 Å². The van der Waals surface area contributed by atoms with Crippen LogP contribution in [0.3, 0.4) is 0 Å². The van der Waals surface area contributed by atoms with Gasteiger partial charge < -0.3 is 19.9 Å². The lowest BCUT2D eigenvalue weighted by Gasteiger charge is -2.17. The van der Waals surface area contributed by atoms with Crippen molar-refractivity contribution in [2.45, 2.75) is 19.0 Å². The number of methoxy groups -OCH3 is 1. The van der Waals surface area contributed by atoms with Crippen molar-refractivity contribution in [2.75, 3.05) is 26.8 Å². The molecule has 4 rings (SSSR count). The first kappa shape index (κ1) is 26.6. The van der Waals surface area contributed by atoms with Crippen LogP contribution in [-0.4, -0.2) is 60.9 Å². The first-order chi connectivity index (χ1) is 18.4. The molecule has 10 heteroatoms. The first-order valence-corrected chi connectivity index (χ1v) is 12.1. The monoisotopic (exact) mass is 520 g/mol. The third kappa shape index (κ3) is 7.30. The minimum Gasteiger partial charge on any atom is -0.505 e. The molecule has 198 valence electrons. The Hall–Kier alpha value is -4.44. The number of hydrogen-bond acceptors (Lipinski definition) is 7. The first-order valence-electron chi connectivity index (χ1n) is 12.1. The van der Waals surface area contributed by atoms with Gasteiger partial charge in [0.05, 0.1) is 13.3 Å². The number of carbonyl (C=O) groups excluding carboxylic acids is 2. The van der Waals surface area contributed by atoms with E-state index in [9.17, 15) is 19.1 Å². The zero-order chi connectivity index (χ0) is 26.9. The molecule has 1 aliphatic heterocycles. The number of rotatable bonds is 10. The van der Waals surface area contributed by atoms with Crippen LogP contribution in [-0.2, 0) is 11.3 Å². The van der Waals surface area contributed by atoms with Gasteiger partial charge in [0.1, 0.15) is 11.5 Å². The van der Waals surface area contributed by atoms with Crippen molar-refractivity contribution in [3.05, 3.63) is 89.2 Å².